The molecule has 0 rings (SSSR count). The number of hydrogen-bond donors (Lipinski definition) is 0. The van der Waals surface area contributed by atoms with Gasteiger partial charge in [-0.2, -0.15) is 0 Å². The Bertz CT molecular complexity index is 439. The summed E-state index contributed by atoms with van der Waals surface area (Å²) in [5, 5.41) is 0. The average Bonchev–Trinajstić information content (AvgIpc) is 3.00. The minimum absolute atomic E-state index is 0.965. The van der Waals surface area contributed by atoms with Crippen molar-refractivity contribution in [1.29, 1.82) is 0 Å². The fourth-order valence-electron chi connectivity index (χ4n) is 6.93. The first-order chi connectivity index (χ1) is 20.8. The van der Waals surface area contributed by atoms with Gasteiger partial charge in [-0.25, -0.2) is 0 Å². The Kier molecular flexibility index (Phi) is 39.0. The van der Waals surface area contributed by atoms with Gasteiger partial charge in [-0.05, 0) is 5.92 Å². The number of rotatable bonds is 38. The molecule has 0 N–H and O–H groups in total. The third kappa shape index (κ3) is 38.0. The van der Waals surface area contributed by atoms with Crippen LogP contribution in [-0.2, 0) is 0 Å². The molecular formula is C42H86. The molecule has 254 valence electrons. The summed E-state index contributed by atoms with van der Waals surface area (Å²) in [7, 11) is 0. The zero-order chi connectivity index (χ0) is 30.4. The highest BCUT2D eigenvalue weighted by Gasteiger charge is 2.03. The van der Waals surface area contributed by atoms with E-state index in [1.54, 1.807) is 0 Å². The summed E-state index contributed by atoms with van der Waals surface area (Å²) in [6.07, 6.45) is 56.2. The summed E-state index contributed by atoms with van der Waals surface area (Å²) in [6, 6.07) is 0. The van der Waals surface area contributed by atoms with E-state index < -0.39 is 0 Å². The Balaban J connectivity index is 3.13. The van der Waals surface area contributed by atoms with Crippen LogP contribution in [0.15, 0.2) is 0 Å². The molecule has 0 amide bonds. The maximum atomic E-state index is 2.51. The van der Waals surface area contributed by atoms with Crippen molar-refractivity contribution in [3.8, 4) is 0 Å². The van der Waals surface area contributed by atoms with Gasteiger partial charge in [0.05, 0.1) is 0 Å². The predicted molar refractivity (Wildman–Crippen MR) is 196 cm³/mol. The van der Waals surface area contributed by atoms with E-state index in [0.717, 1.165) is 5.92 Å². The Labute approximate surface area is 270 Å². The second kappa shape index (κ2) is 39.0. The van der Waals surface area contributed by atoms with E-state index >= 15 is 0 Å². The van der Waals surface area contributed by atoms with Gasteiger partial charge in [0.1, 0.15) is 0 Å². The van der Waals surface area contributed by atoms with E-state index in [1.165, 1.54) is 244 Å². The first-order valence-electron chi connectivity index (χ1n) is 20.8. The second-order valence-electron chi connectivity index (χ2n) is 14.7. The number of hydrogen-bond acceptors (Lipinski definition) is 0. The van der Waals surface area contributed by atoms with E-state index in [1.807, 2.05) is 0 Å². The van der Waals surface area contributed by atoms with Crippen LogP contribution >= 0.6 is 0 Å². The molecule has 0 fully saturated rings. The molecule has 0 aliphatic rings. The quantitative estimate of drug-likeness (QED) is 0.0627. The summed E-state index contributed by atoms with van der Waals surface area (Å²) in [5.74, 6) is 0.965. The molecule has 0 spiro atoms. The van der Waals surface area contributed by atoms with E-state index in [2.05, 4.69) is 20.8 Å². The van der Waals surface area contributed by atoms with E-state index in [-0.39, 0.29) is 0 Å². The standard InChI is InChI=1S/C42H86/c1-4-6-8-10-12-14-16-18-20-22-23-24-25-27-29-31-33-35-37-39-41-42(3)40-38-36-34-32-30-28-26-21-19-17-15-13-11-9-7-5-2/h42H,4-41H2,1-3H3. The summed E-state index contributed by atoms with van der Waals surface area (Å²) in [5.41, 5.74) is 0. The molecule has 1 atom stereocenters. The van der Waals surface area contributed by atoms with Crippen molar-refractivity contribution in [2.24, 2.45) is 5.92 Å². The lowest BCUT2D eigenvalue weighted by Gasteiger charge is -2.11. The van der Waals surface area contributed by atoms with Crippen molar-refractivity contribution < 1.29 is 0 Å². The molecule has 0 aliphatic heterocycles. The molecular weight excluding hydrogens is 504 g/mol. The normalized spacial score (nSPS) is 12.4. The Hall–Kier alpha value is 0. The van der Waals surface area contributed by atoms with Crippen molar-refractivity contribution in [3.63, 3.8) is 0 Å². The zero-order valence-electron chi connectivity index (χ0n) is 30.4. The Morgan fingerprint density at radius 1 is 0.214 bits per heavy atom. The van der Waals surface area contributed by atoms with Crippen LogP contribution in [0.2, 0.25) is 0 Å². The Morgan fingerprint density at radius 2 is 0.357 bits per heavy atom. The third-order valence-corrected chi connectivity index (χ3v) is 10.1. The van der Waals surface area contributed by atoms with E-state index in [4.69, 9.17) is 0 Å². The van der Waals surface area contributed by atoms with Crippen LogP contribution in [0.1, 0.15) is 265 Å². The van der Waals surface area contributed by atoms with Crippen molar-refractivity contribution in [2.75, 3.05) is 0 Å². The molecule has 0 aromatic rings. The van der Waals surface area contributed by atoms with E-state index in [9.17, 15) is 0 Å². The molecule has 0 aliphatic carbocycles. The van der Waals surface area contributed by atoms with Crippen LogP contribution in [0, 0.1) is 5.92 Å². The van der Waals surface area contributed by atoms with Crippen molar-refractivity contribution in [3.05, 3.63) is 0 Å². The highest BCUT2D eigenvalue weighted by atomic mass is 14.1. The maximum Gasteiger partial charge on any atom is -0.0443 e. The maximum absolute atomic E-state index is 2.51. The summed E-state index contributed by atoms with van der Waals surface area (Å²) in [4.78, 5) is 0. The summed E-state index contributed by atoms with van der Waals surface area (Å²) < 4.78 is 0. The van der Waals surface area contributed by atoms with Crippen LogP contribution < -0.4 is 0 Å². The first-order valence-corrected chi connectivity index (χ1v) is 20.8. The molecule has 0 nitrogen and oxygen atoms in total. The molecule has 0 saturated carbocycles. The summed E-state index contributed by atoms with van der Waals surface area (Å²) >= 11 is 0. The van der Waals surface area contributed by atoms with Gasteiger partial charge in [0.25, 0.3) is 0 Å². The lowest BCUT2D eigenvalue weighted by Crippen LogP contribution is -1.95. The summed E-state index contributed by atoms with van der Waals surface area (Å²) in [6.45, 7) is 7.14. The lowest BCUT2D eigenvalue weighted by molar-refractivity contribution is 0.429. The van der Waals surface area contributed by atoms with Gasteiger partial charge in [0, 0.05) is 0 Å². The molecule has 1 unspecified atom stereocenters. The van der Waals surface area contributed by atoms with Crippen molar-refractivity contribution in [2.45, 2.75) is 265 Å². The molecule has 0 bridgehead atoms. The fraction of sp³-hybridized carbons (Fsp3) is 1.00. The predicted octanol–water partition coefficient (Wildman–Crippen LogP) is 16.5. The minimum Gasteiger partial charge on any atom is -0.0654 e. The zero-order valence-corrected chi connectivity index (χ0v) is 30.4. The van der Waals surface area contributed by atoms with Gasteiger partial charge in [0.2, 0.25) is 0 Å². The molecule has 0 saturated heterocycles. The van der Waals surface area contributed by atoms with Gasteiger partial charge in [-0.3, -0.25) is 0 Å². The molecule has 0 aromatic heterocycles. The highest BCUT2D eigenvalue weighted by molar-refractivity contribution is 4.57. The first kappa shape index (κ1) is 42.0. The largest absolute Gasteiger partial charge is 0.0654 e. The van der Waals surface area contributed by atoms with Gasteiger partial charge in [0.15, 0.2) is 0 Å². The van der Waals surface area contributed by atoms with Crippen LogP contribution in [-0.4, -0.2) is 0 Å². The molecule has 0 radical (unpaired) electrons. The van der Waals surface area contributed by atoms with Crippen molar-refractivity contribution >= 4 is 0 Å². The van der Waals surface area contributed by atoms with Gasteiger partial charge in [-0.15, -0.1) is 0 Å². The number of unbranched alkanes of at least 4 members (excludes halogenated alkanes) is 34. The van der Waals surface area contributed by atoms with Crippen LogP contribution in [0.4, 0.5) is 0 Å². The molecule has 42 heavy (non-hydrogen) atoms. The van der Waals surface area contributed by atoms with E-state index in [0.29, 0.717) is 0 Å². The smallest absolute Gasteiger partial charge is 0.0443 e. The molecule has 0 aromatic carbocycles. The third-order valence-electron chi connectivity index (χ3n) is 10.1. The van der Waals surface area contributed by atoms with Crippen LogP contribution in [0.5, 0.6) is 0 Å². The minimum atomic E-state index is 0.965. The lowest BCUT2D eigenvalue weighted by atomic mass is 9.95. The monoisotopic (exact) mass is 591 g/mol. The molecule has 0 heteroatoms. The highest BCUT2D eigenvalue weighted by Crippen LogP contribution is 2.20. The topological polar surface area (TPSA) is 0 Å². The Morgan fingerprint density at radius 3 is 0.524 bits per heavy atom. The SMILES string of the molecule is CCCCCCCCCCCCCCCCCCCCCCC(C)CCCCCCCCCCCCCCCCCC. The van der Waals surface area contributed by atoms with Gasteiger partial charge >= 0.3 is 0 Å². The van der Waals surface area contributed by atoms with Crippen LogP contribution in [0.25, 0.3) is 0 Å². The fourth-order valence-corrected chi connectivity index (χ4v) is 6.93. The second-order valence-corrected chi connectivity index (χ2v) is 14.7. The average molecular weight is 591 g/mol. The van der Waals surface area contributed by atoms with Gasteiger partial charge < -0.3 is 0 Å². The van der Waals surface area contributed by atoms with Crippen molar-refractivity contribution in [1.82, 2.24) is 0 Å². The molecule has 0 heterocycles. The van der Waals surface area contributed by atoms with Gasteiger partial charge in [-0.1, -0.05) is 265 Å². The van der Waals surface area contributed by atoms with Crippen LogP contribution in [0.3, 0.4) is 0 Å².